The van der Waals surface area contributed by atoms with Gasteiger partial charge in [-0.25, -0.2) is 8.42 Å². The molecule has 1 aliphatic rings. The van der Waals surface area contributed by atoms with E-state index < -0.39 is 28.0 Å². The molecule has 6 nitrogen and oxygen atoms in total. The van der Waals surface area contributed by atoms with Gasteiger partial charge in [-0.15, -0.1) is 0 Å². The Hall–Kier alpha value is -0.860. The number of aliphatic hydroxyl groups excluding tert-OH is 1. The maximum absolute atomic E-state index is 12.5. The standard InChI is InChI=1S/C12H13Cl2NO5S/c13-7-1-2-11(9(14)5-7)21(19,20)15-4-3-10(16)8(6-15)12(17)18/h1-2,5,8,10,16H,3-4,6H2,(H,17,18)/t8-,10+/m0/s1. The molecular formula is C12H13Cl2NO5S. The zero-order valence-corrected chi connectivity index (χ0v) is 13.1. The van der Waals surface area contributed by atoms with Crippen LogP contribution in [0.3, 0.4) is 0 Å². The van der Waals surface area contributed by atoms with E-state index >= 15 is 0 Å². The average molecular weight is 354 g/mol. The van der Waals surface area contributed by atoms with E-state index in [1.165, 1.54) is 18.2 Å². The van der Waals surface area contributed by atoms with Gasteiger partial charge in [-0.05, 0) is 24.6 Å². The number of halogens is 2. The molecule has 0 aromatic heterocycles. The van der Waals surface area contributed by atoms with Crippen LogP contribution >= 0.6 is 23.2 Å². The number of hydrogen-bond donors (Lipinski definition) is 2. The lowest BCUT2D eigenvalue weighted by Gasteiger charge is -2.33. The molecule has 1 aliphatic heterocycles. The first-order valence-electron chi connectivity index (χ1n) is 6.09. The smallest absolute Gasteiger partial charge is 0.310 e. The van der Waals surface area contributed by atoms with E-state index in [2.05, 4.69) is 0 Å². The lowest BCUT2D eigenvalue weighted by molar-refractivity contribution is -0.147. The minimum absolute atomic E-state index is 0.0273. The topological polar surface area (TPSA) is 94.9 Å². The van der Waals surface area contributed by atoms with E-state index in [0.717, 1.165) is 4.31 Å². The fourth-order valence-corrected chi connectivity index (χ4v) is 4.42. The molecule has 0 amide bonds. The van der Waals surface area contributed by atoms with Gasteiger partial charge >= 0.3 is 5.97 Å². The van der Waals surface area contributed by atoms with Crippen LogP contribution in [0.25, 0.3) is 0 Å². The van der Waals surface area contributed by atoms with E-state index in [4.69, 9.17) is 28.3 Å². The van der Waals surface area contributed by atoms with E-state index in [1.54, 1.807) is 0 Å². The van der Waals surface area contributed by atoms with Crippen molar-refractivity contribution in [2.45, 2.75) is 17.4 Å². The maximum atomic E-state index is 12.5. The summed E-state index contributed by atoms with van der Waals surface area (Å²) in [5.41, 5.74) is 0. The summed E-state index contributed by atoms with van der Waals surface area (Å²) >= 11 is 11.6. The summed E-state index contributed by atoms with van der Waals surface area (Å²) in [7, 11) is -3.93. The second kappa shape index (κ2) is 6.10. The summed E-state index contributed by atoms with van der Waals surface area (Å²) in [6.07, 6.45) is -1.00. The molecule has 0 unspecified atom stereocenters. The molecule has 0 spiro atoms. The number of carboxylic acid groups (broad SMARTS) is 1. The van der Waals surface area contributed by atoms with E-state index in [1.807, 2.05) is 0 Å². The molecule has 1 fully saturated rings. The van der Waals surface area contributed by atoms with Crippen LogP contribution in [0.1, 0.15) is 6.42 Å². The third kappa shape index (κ3) is 3.32. The van der Waals surface area contributed by atoms with Crippen LogP contribution in [0.15, 0.2) is 23.1 Å². The summed E-state index contributed by atoms with van der Waals surface area (Å²) in [6, 6.07) is 3.98. The lowest BCUT2D eigenvalue weighted by atomic mass is 9.96. The van der Waals surface area contributed by atoms with Crippen molar-refractivity contribution < 1.29 is 23.4 Å². The van der Waals surface area contributed by atoms with Gasteiger partial charge in [-0.3, -0.25) is 4.79 Å². The van der Waals surface area contributed by atoms with Crippen molar-refractivity contribution in [1.82, 2.24) is 4.31 Å². The quantitative estimate of drug-likeness (QED) is 0.857. The second-order valence-corrected chi connectivity index (χ2v) is 7.49. The Labute approximate surface area is 131 Å². The first-order valence-corrected chi connectivity index (χ1v) is 8.29. The first kappa shape index (κ1) is 16.5. The monoisotopic (exact) mass is 353 g/mol. The van der Waals surface area contributed by atoms with E-state index in [9.17, 15) is 18.3 Å². The number of aliphatic hydroxyl groups is 1. The summed E-state index contributed by atoms with van der Waals surface area (Å²) in [6.45, 7) is -0.260. The summed E-state index contributed by atoms with van der Waals surface area (Å²) in [5.74, 6) is -2.38. The lowest BCUT2D eigenvalue weighted by Crippen LogP contribution is -2.48. The fraction of sp³-hybridized carbons (Fsp3) is 0.417. The predicted octanol–water partition coefficient (Wildman–Crippen LogP) is 1.45. The van der Waals surface area contributed by atoms with Crippen molar-refractivity contribution in [1.29, 1.82) is 0 Å². The number of carboxylic acids is 1. The molecule has 1 aromatic carbocycles. The van der Waals surface area contributed by atoms with Crippen molar-refractivity contribution in [3.63, 3.8) is 0 Å². The molecule has 1 saturated heterocycles. The molecule has 0 bridgehead atoms. The number of hydrogen-bond acceptors (Lipinski definition) is 4. The van der Waals surface area contributed by atoms with Crippen molar-refractivity contribution in [2.24, 2.45) is 5.92 Å². The van der Waals surface area contributed by atoms with Crippen molar-refractivity contribution >= 4 is 39.2 Å². The number of rotatable bonds is 3. The fourth-order valence-electron chi connectivity index (χ4n) is 2.19. The zero-order valence-electron chi connectivity index (χ0n) is 10.7. The highest BCUT2D eigenvalue weighted by Crippen LogP contribution is 2.30. The van der Waals surface area contributed by atoms with Crippen LogP contribution in [0, 0.1) is 5.92 Å². The summed E-state index contributed by atoms with van der Waals surface area (Å²) in [5, 5.41) is 18.9. The van der Waals surface area contributed by atoms with Crippen molar-refractivity contribution in [3.05, 3.63) is 28.2 Å². The third-order valence-corrected chi connectivity index (χ3v) is 5.95. The average Bonchev–Trinajstić information content (AvgIpc) is 2.38. The van der Waals surface area contributed by atoms with Crippen LogP contribution < -0.4 is 0 Å². The Morgan fingerprint density at radius 1 is 1.33 bits per heavy atom. The Balaban J connectivity index is 2.33. The zero-order chi connectivity index (χ0) is 15.8. The van der Waals surface area contributed by atoms with Crippen LogP contribution in [-0.4, -0.2) is 48.1 Å². The molecule has 2 atom stereocenters. The molecule has 116 valence electrons. The molecule has 2 rings (SSSR count). The highest BCUT2D eigenvalue weighted by atomic mass is 35.5. The summed E-state index contributed by atoms with van der Waals surface area (Å²) < 4.78 is 26.1. The van der Waals surface area contributed by atoms with E-state index in [0.29, 0.717) is 5.02 Å². The third-order valence-electron chi connectivity index (χ3n) is 3.37. The number of aliphatic carboxylic acids is 1. The second-order valence-electron chi connectivity index (χ2n) is 4.74. The van der Waals surface area contributed by atoms with Gasteiger partial charge in [0.1, 0.15) is 4.90 Å². The SMILES string of the molecule is O=C(O)[C@H]1CN(S(=O)(=O)c2ccc(Cl)cc2Cl)CC[C@H]1O. The molecule has 0 radical (unpaired) electrons. The Morgan fingerprint density at radius 3 is 2.57 bits per heavy atom. The van der Waals surface area contributed by atoms with Gasteiger partial charge in [0.25, 0.3) is 0 Å². The number of sulfonamides is 1. The number of benzene rings is 1. The van der Waals surface area contributed by atoms with Crippen molar-refractivity contribution in [3.8, 4) is 0 Å². The van der Waals surface area contributed by atoms with Crippen LogP contribution in [0.5, 0.6) is 0 Å². The van der Waals surface area contributed by atoms with Gasteiger partial charge in [0.2, 0.25) is 10.0 Å². The number of carbonyl (C=O) groups is 1. The van der Waals surface area contributed by atoms with Gasteiger partial charge in [-0.1, -0.05) is 23.2 Å². The first-order chi connectivity index (χ1) is 9.73. The molecule has 2 N–H and O–H groups in total. The highest BCUT2D eigenvalue weighted by molar-refractivity contribution is 7.89. The minimum atomic E-state index is -3.93. The van der Waals surface area contributed by atoms with Gasteiger partial charge in [0.05, 0.1) is 17.0 Å². The maximum Gasteiger partial charge on any atom is 0.310 e. The number of piperidine rings is 1. The van der Waals surface area contributed by atoms with Gasteiger partial charge in [-0.2, -0.15) is 4.31 Å². The predicted molar refractivity (Wildman–Crippen MR) is 77.0 cm³/mol. The highest BCUT2D eigenvalue weighted by Gasteiger charge is 2.39. The molecule has 0 aliphatic carbocycles. The Kier molecular flexibility index (Phi) is 4.79. The van der Waals surface area contributed by atoms with Gasteiger partial charge in [0, 0.05) is 18.1 Å². The van der Waals surface area contributed by atoms with Gasteiger partial charge < -0.3 is 10.2 Å². The molecule has 1 aromatic rings. The largest absolute Gasteiger partial charge is 0.481 e. The molecular weight excluding hydrogens is 341 g/mol. The molecule has 0 saturated carbocycles. The normalized spacial score (nSPS) is 24.0. The van der Waals surface area contributed by atoms with Crippen LogP contribution in [-0.2, 0) is 14.8 Å². The van der Waals surface area contributed by atoms with Crippen molar-refractivity contribution in [2.75, 3.05) is 13.1 Å². The molecule has 21 heavy (non-hydrogen) atoms. The van der Waals surface area contributed by atoms with Crippen LogP contribution in [0.4, 0.5) is 0 Å². The van der Waals surface area contributed by atoms with Gasteiger partial charge in [0.15, 0.2) is 0 Å². The summed E-state index contributed by atoms with van der Waals surface area (Å²) in [4.78, 5) is 10.9. The Bertz CT molecular complexity index is 664. The molecule has 1 heterocycles. The number of nitrogens with zero attached hydrogens (tertiary/aromatic N) is 1. The molecule has 9 heteroatoms. The Morgan fingerprint density at radius 2 is 2.00 bits per heavy atom. The van der Waals surface area contributed by atoms with E-state index in [-0.39, 0.29) is 29.4 Å². The minimum Gasteiger partial charge on any atom is -0.481 e. The van der Waals surface area contributed by atoms with Crippen LogP contribution in [0.2, 0.25) is 10.0 Å².